The number of aliphatic hydroxyl groups is 1. The molecule has 0 bridgehead atoms. The number of carbonyl (C=O) groups excluding carboxylic acids is 1. The number of benzene rings is 1. The topological polar surface area (TPSA) is 97.7 Å². The van der Waals surface area contributed by atoms with E-state index in [4.69, 9.17) is 4.98 Å². The largest absolute Gasteiger partial charge is 0.393 e. The summed E-state index contributed by atoms with van der Waals surface area (Å²) in [7, 11) is 1.91. The fraction of sp³-hybridized carbons (Fsp3) is 0.391. The molecule has 0 aliphatic carbocycles. The minimum absolute atomic E-state index is 0.132. The predicted molar refractivity (Wildman–Crippen MR) is 131 cm³/mol. The van der Waals surface area contributed by atoms with Crippen molar-refractivity contribution in [1.29, 1.82) is 0 Å². The Kier molecular flexibility index (Phi) is 5.63. The second kappa shape index (κ2) is 8.60. The van der Waals surface area contributed by atoms with Crippen molar-refractivity contribution >= 4 is 51.1 Å². The van der Waals surface area contributed by atoms with Gasteiger partial charge in [-0.2, -0.15) is 4.98 Å². The average Bonchev–Trinajstić information content (AvgIpc) is 3.19. The molecule has 2 aromatic heterocycles. The summed E-state index contributed by atoms with van der Waals surface area (Å²) in [5.74, 6) is 0.990. The molecule has 10 heteroatoms. The standard InChI is InChI=1S/C23H27N7O2S/c1-4-30-18-13-24-23(27-20(18)28(3)22-19(21(30)32)25-14(2)33-22)26-15-5-7-16(8-6-15)29-11-9-17(31)10-12-29/h5-8,13,17,31H,4,9-12H2,1-3H3,(H,24,26,27). The number of anilines is 6. The normalized spacial score (nSPS) is 16.5. The van der Waals surface area contributed by atoms with E-state index < -0.39 is 0 Å². The first-order valence-corrected chi connectivity index (χ1v) is 12.0. The number of nitrogens with one attached hydrogen (secondary N) is 1. The van der Waals surface area contributed by atoms with Crippen molar-refractivity contribution in [3.8, 4) is 0 Å². The lowest BCUT2D eigenvalue weighted by Crippen LogP contribution is -2.35. The number of amides is 1. The van der Waals surface area contributed by atoms with Gasteiger partial charge in [0.25, 0.3) is 5.91 Å². The van der Waals surface area contributed by atoms with Crippen LogP contribution in [0.5, 0.6) is 0 Å². The predicted octanol–water partition coefficient (Wildman–Crippen LogP) is 3.69. The fourth-order valence-corrected chi connectivity index (χ4v) is 5.17. The molecule has 1 saturated heterocycles. The first kappa shape index (κ1) is 21.6. The molecular weight excluding hydrogens is 438 g/mol. The Labute approximate surface area is 196 Å². The van der Waals surface area contributed by atoms with Gasteiger partial charge in [0, 0.05) is 38.1 Å². The maximum absolute atomic E-state index is 13.1. The quantitative estimate of drug-likeness (QED) is 0.602. The first-order valence-electron chi connectivity index (χ1n) is 11.1. The van der Waals surface area contributed by atoms with Crippen LogP contribution in [-0.2, 0) is 0 Å². The van der Waals surface area contributed by atoms with E-state index in [1.807, 2.05) is 37.9 Å². The Morgan fingerprint density at radius 1 is 1.18 bits per heavy atom. The second-order valence-corrected chi connectivity index (χ2v) is 9.47. The zero-order valence-electron chi connectivity index (χ0n) is 18.9. The number of aliphatic hydroxyl groups excluding tert-OH is 1. The van der Waals surface area contributed by atoms with E-state index in [1.165, 1.54) is 11.3 Å². The average molecular weight is 466 g/mol. The Bertz CT molecular complexity index is 1170. The van der Waals surface area contributed by atoms with Gasteiger partial charge in [0.05, 0.1) is 17.3 Å². The summed E-state index contributed by atoms with van der Waals surface area (Å²) in [6.07, 6.45) is 3.11. The zero-order valence-corrected chi connectivity index (χ0v) is 19.8. The number of thiazole rings is 1. The summed E-state index contributed by atoms with van der Waals surface area (Å²) in [6, 6.07) is 8.15. The zero-order chi connectivity index (χ0) is 23.1. The van der Waals surface area contributed by atoms with Crippen LogP contribution in [0, 0.1) is 6.92 Å². The molecule has 1 aromatic carbocycles. The van der Waals surface area contributed by atoms with E-state index in [0.717, 1.165) is 47.3 Å². The van der Waals surface area contributed by atoms with Crippen LogP contribution in [0.1, 0.15) is 35.3 Å². The van der Waals surface area contributed by atoms with Gasteiger partial charge in [-0.1, -0.05) is 0 Å². The molecule has 9 nitrogen and oxygen atoms in total. The number of carbonyl (C=O) groups is 1. The summed E-state index contributed by atoms with van der Waals surface area (Å²) in [5, 5.41) is 14.6. The number of aryl methyl sites for hydroxylation is 1. The molecule has 0 radical (unpaired) electrons. The van der Waals surface area contributed by atoms with Crippen molar-refractivity contribution in [3.05, 3.63) is 41.2 Å². The molecular formula is C23H27N7O2S. The molecule has 172 valence electrons. The third-order valence-electron chi connectivity index (χ3n) is 6.10. The maximum atomic E-state index is 13.1. The lowest BCUT2D eigenvalue weighted by molar-refractivity contribution is 0.0985. The van der Waals surface area contributed by atoms with Gasteiger partial charge in [0.15, 0.2) is 11.5 Å². The highest BCUT2D eigenvalue weighted by molar-refractivity contribution is 7.16. The number of hydrogen-bond acceptors (Lipinski definition) is 9. The lowest BCUT2D eigenvalue weighted by Gasteiger charge is -2.31. The summed E-state index contributed by atoms with van der Waals surface area (Å²) in [6.45, 7) is 6.06. The number of aromatic nitrogens is 3. The monoisotopic (exact) mass is 465 g/mol. The minimum Gasteiger partial charge on any atom is -0.393 e. The van der Waals surface area contributed by atoms with Gasteiger partial charge in [0.1, 0.15) is 10.7 Å². The van der Waals surface area contributed by atoms with E-state index in [-0.39, 0.29) is 12.0 Å². The van der Waals surface area contributed by atoms with Crippen molar-refractivity contribution in [3.63, 3.8) is 0 Å². The van der Waals surface area contributed by atoms with Gasteiger partial charge in [-0.15, -0.1) is 11.3 Å². The molecule has 0 atom stereocenters. The SMILES string of the molecule is CCN1C(=O)c2nc(C)sc2N(C)c2nc(Nc3ccc(N4CCC(O)CC4)cc3)ncc21. The molecule has 3 aromatic rings. The van der Waals surface area contributed by atoms with Crippen molar-refractivity contribution in [2.75, 3.05) is 46.7 Å². The lowest BCUT2D eigenvalue weighted by atomic mass is 10.1. The summed E-state index contributed by atoms with van der Waals surface area (Å²) in [5.41, 5.74) is 3.14. The third-order valence-corrected chi connectivity index (χ3v) is 7.14. The third kappa shape index (κ3) is 4.00. The first-order chi connectivity index (χ1) is 15.9. The van der Waals surface area contributed by atoms with Crippen LogP contribution in [-0.4, -0.2) is 58.8 Å². The van der Waals surface area contributed by atoms with E-state index >= 15 is 0 Å². The Morgan fingerprint density at radius 2 is 1.91 bits per heavy atom. The molecule has 0 spiro atoms. The molecule has 33 heavy (non-hydrogen) atoms. The summed E-state index contributed by atoms with van der Waals surface area (Å²) < 4.78 is 0. The van der Waals surface area contributed by atoms with Gasteiger partial charge >= 0.3 is 0 Å². The van der Waals surface area contributed by atoms with Crippen LogP contribution in [0.2, 0.25) is 0 Å². The van der Waals surface area contributed by atoms with E-state index in [1.54, 1.807) is 11.1 Å². The molecule has 2 aliphatic rings. The molecule has 0 unspecified atom stereocenters. The number of rotatable bonds is 4. The summed E-state index contributed by atoms with van der Waals surface area (Å²) >= 11 is 1.48. The smallest absolute Gasteiger partial charge is 0.280 e. The van der Waals surface area contributed by atoms with Crippen LogP contribution >= 0.6 is 11.3 Å². The van der Waals surface area contributed by atoms with Crippen LogP contribution in [0.25, 0.3) is 0 Å². The fourth-order valence-electron chi connectivity index (χ4n) is 4.30. The number of piperidine rings is 1. The van der Waals surface area contributed by atoms with Crippen molar-refractivity contribution in [1.82, 2.24) is 15.0 Å². The molecule has 1 fully saturated rings. The van der Waals surface area contributed by atoms with Gasteiger partial charge < -0.3 is 25.1 Å². The highest BCUT2D eigenvalue weighted by Crippen LogP contribution is 2.41. The molecule has 1 amide bonds. The van der Waals surface area contributed by atoms with Crippen LogP contribution < -0.4 is 20.0 Å². The molecule has 2 aliphatic heterocycles. The molecule has 0 saturated carbocycles. The molecule has 2 N–H and O–H groups in total. The van der Waals surface area contributed by atoms with Crippen LogP contribution in [0.15, 0.2) is 30.5 Å². The summed E-state index contributed by atoms with van der Waals surface area (Å²) in [4.78, 5) is 32.7. The molecule has 5 rings (SSSR count). The number of nitrogens with zero attached hydrogens (tertiary/aromatic N) is 6. The van der Waals surface area contributed by atoms with E-state index in [9.17, 15) is 9.90 Å². The maximum Gasteiger partial charge on any atom is 0.280 e. The Hall–Kier alpha value is -3.24. The number of fused-ring (bicyclic) bond motifs is 2. The van der Waals surface area contributed by atoms with Crippen molar-refractivity contribution in [2.45, 2.75) is 32.8 Å². The van der Waals surface area contributed by atoms with E-state index in [0.29, 0.717) is 29.7 Å². The van der Waals surface area contributed by atoms with Crippen LogP contribution in [0.3, 0.4) is 0 Å². The van der Waals surface area contributed by atoms with E-state index in [2.05, 4.69) is 32.3 Å². The number of hydrogen-bond donors (Lipinski definition) is 2. The van der Waals surface area contributed by atoms with Crippen molar-refractivity contribution in [2.24, 2.45) is 0 Å². The highest BCUT2D eigenvalue weighted by Gasteiger charge is 2.33. The Morgan fingerprint density at radius 3 is 2.61 bits per heavy atom. The Balaban J connectivity index is 1.41. The molecule has 4 heterocycles. The highest BCUT2D eigenvalue weighted by atomic mass is 32.1. The second-order valence-electron chi connectivity index (χ2n) is 8.29. The van der Waals surface area contributed by atoms with Crippen LogP contribution in [0.4, 0.5) is 33.8 Å². The van der Waals surface area contributed by atoms with Crippen molar-refractivity contribution < 1.29 is 9.90 Å². The van der Waals surface area contributed by atoms with Gasteiger partial charge in [-0.05, 0) is 51.0 Å². The minimum atomic E-state index is -0.186. The van der Waals surface area contributed by atoms with Gasteiger partial charge in [-0.25, -0.2) is 9.97 Å². The van der Waals surface area contributed by atoms with Gasteiger partial charge in [0.2, 0.25) is 5.95 Å². The van der Waals surface area contributed by atoms with Gasteiger partial charge in [-0.3, -0.25) is 4.79 Å².